The van der Waals surface area contributed by atoms with Crippen LogP contribution in [0.1, 0.15) is 26.3 Å². The van der Waals surface area contributed by atoms with Crippen molar-refractivity contribution in [3.63, 3.8) is 0 Å². The molecule has 1 aliphatic heterocycles. The van der Waals surface area contributed by atoms with E-state index in [0.29, 0.717) is 0 Å². The monoisotopic (exact) mass is 379 g/mol. The lowest BCUT2D eigenvalue weighted by Crippen LogP contribution is -2.41. The first kappa shape index (κ1) is 19.3. The smallest absolute Gasteiger partial charge is 0.430 e. The van der Waals surface area contributed by atoms with Crippen molar-refractivity contribution < 1.29 is 36.2 Å². The molecular formula is C15H16F3NO5S. The zero-order valence-corrected chi connectivity index (χ0v) is 14.3. The summed E-state index contributed by atoms with van der Waals surface area (Å²) in [4.78, 5) is 10.9. The Morgan fingerprint density at radius 1 is 1.24 bits per heavy atom. The Morgan fingerprint density at radius 3 is 2.32 bits per heavy atom. The number of aliphatic carboxylic acids is 1. The SMILES string of the molecule is CC(C)(C)NS(=O)(=O)c1ccc2c(c1)C=C(C(=O)O)[C@@H](C(F)(F)F)O2. The summed E-state index contributed by atoms with van der Waals surface area (Å²) >= 11 is 0. The fourth-order valence-corrected chi connectivity index (χ4v) is 3.68. The summed E-state index contributed by atoms with van der Waals surface area (Å²) in [7, 11) is -3.94. The van der Waals surface area contributed by atoms with Gasteiger partial charge in [-0.15, -0.1) is 0 Å². The molecule has 138 valence electrons. The minimum absolute atomic E-state index is 0.0605. The normalized spacial score (nSPS) is 18.2. The maximum atomic E-state index is 13.0. The number of carboxylic acids is 1. The molecule has 0 fully saturated rings. The molecule has 10 heteroatoms. The van der Waals surface area contributed by atoms with E-state index in [1.807, 2.05) is 0 Å². The first-order chi connectivity index (χ1) is 11.2. The van der Waals surface area contributed by atoms with Crippen LogP contribution in [0.2, 0.25) is 0 Å². The number of nitrogens with one attached hydrogen (secondary N) is 1. The number of fused-ring (bicyclic) bond motifs is 1. The van der Waals surface area contributed by atoms with Crippen LogP contribution in [0.15, 0.2) is 28.7 Å². The van der Waals surface area contributed by atoms with Crippen molar-refractivity contribution in [2.24, 2.45) is 0 Å². The number of ether oxygens (including phenoxy) is 1. The van der Waals surface area contributed by atoms with E-state index in [9.17, 15) is 26.4 Å². The van der Waals surface area contributed by atoms with Gasteiger partial charge in [-0.3, -0.25) is 0 Å². The van der Waals surface area contributed by atoms with E-state index in [1.165, 1.54) is 0 Å². The van der Waals surface area contributed by atoms with Crippen LogP contribution in [0.4, 0.5) is 13.2 Å². The van der Waals surface area contributed by atoms with Crippen LogP contribution in [-0.2, 0) is 14.8 Å². The van der Waals surface area contributed by atoms with Crippen LogP contribution in [0.3, 0.4) is 0 Å². The topological polar surface area (TPSA) is 92.7 Å². The summed E-state index contributed by atoms with van der Waals surface area (Å²) in [5.74, 6) is -2.05. The maximum absolute atomic E-state index is 13.0. The third-order valence-electron chi connectivity index (χ3n) is 3.11. The average molecular weight is 379 g/mol. The van der Waals surface area contributed by atoms with Gasteiger partial charge in [0.15, 0.2) is 0 Å². The van der Waals surface area contributed by atoms with Crippen molar-refractivity contribution in [3.8, 4) is 5.75 Å². The number of carbonyl (C=O) groups is 1. The predicted octanol–water partition coefficient (Wildman–Crippen LogP) is 2.55. The van der Waals surface area contributed by atoms with Crippen molar-refractivity contribution in [2.45, 2.75) is 43.5 Å². The van der Waals surface area contributed by atoms with Crippen LogP contribution in [0.5, 0.6) is 5.75 Å². The van der Waals surface area contributed by atoms with E-state index in [1.54, 1.807) is 20.8 Å². The zero-order valence-electron chi connectivity index (χ0n) is 13.5. The molecular weight excluding hydrogens is 363 g/mol. The summed E-state index contributed by atoms with van der Waals surface area (Å²) < 4.78 is 70.7. The Hall–Kier alpha value is -2.07. The number of hydrogen-bond donors (Lipinski definition) is 2. The molecule has 0 unspecified atom stereocenters. The number of hydrogen-bond acceptors (Lipinski definition) is 4. The van der Waals surface area contributed by atoms with E-state index in [0.717, 1.165) is 24.3 Å². The van der Waals surface area contributed by atoms with E-state index in [4.69, 9.17) is 9.84 Å². The Labute approximate surface area is 142 Å². The van der Waals surface area contributed by atoms with Crippen LogP contribution in [0, 0.1) is 0 Å². The zero-order chi connectivity index (χ0) is 19.2. The summed E-state index contributed by atoms with van der Waals surface area (Å²) in [6, 6.07) is 3.24. The Kier molecular flexibility index (Phi) is 4.64. The highest BCUT2D eigenvalue weighted by molar-refractivity contribution is 7.89. The van der Waals surface area contributed by atoms with Crippen molar-refractivity contribution >= 4 is 22.1 Å². The number of carboxylic acid groups (broad SMARTS) is 1. The highest BCUT2D eigenvalue weighted by Crippen LogP contribution is 2.38. The molecule has 1 heterocycles. The maximum Gasteiger partial charge on any atom is 0.430 e. The first-order valence-electron chi connectivity index (χ1n) is 7.07. The van der Waals surface area contributed by atoms with Gasteiger partial charge in [0.1, 0.15) is 5.75 Å². The molecule has 0 amide bonds. The largest absolute Gasteiger partial charge is 0.478 e. The highest BCUT2D eigenvalue weighted by Gasteiger charge is 2.48. The molecule has 0 radical (unpaired) electrons. The van der Waals surface area contributed by atoms with E-state index in [2.05, 4.69) is 4.72 Å². The molecule has 2 rings (SSSR count). The number of benzene rings is 1. The second-order valence-corrected chi connectivity index (χ2v) is 8.18. The average Bonchev–Trinajstić information content (AvgIpc) is 2.41. The highest BCUT2D eigenvalue weighted by atomic mass is 32.2. The molecule has 2 N–H and O–H groups in total. The molecule has 1 aromatic rings. The molecule has 0 saturated carbocycles. The number of halogens is 3. The van der Waals surface area contributed by atoms with E-state index >= 15 is 0 Å². The second kappa shape index (κ2) is 6.03. The van der Waals surface area contributed by atoms with E-state index < -0.39 is 39.4 Å². The summed E-state index contributed by atoms with van der Waals surface area (Å²) in [6.07, 6.45) is -6.76. The summed E-state index contributed by atoms with van der Waals surface area (Å²) in [6.45, 7) is 4.88. The van der Waals surface area contributed by atoms with Crippen LogP contribution in [-0.4, -0.2) is 37.3 Å². The van der Waals surface area contributed by atoms with Crippen LogP contribution in [0.25, 0.3) is 6.08 Å². The van der Waals surface area contributed by atoms with Crippen molar-refractivity contribution in [1.82, 2.24) is 4.72 Å². The molecule has 0 bridgehead atoms. The van der Waals surface area contributed by atoms with Crippen LogP contribution >= 0.6 is 0 Å². The quantitative estimate of drug-likeness (QED) is 0.842. The molecule has 0 saturated heterocycles. The lowest BCUT2D eigenvalue weighted by Gasteiger charge is -2.27. The number of sulfonamides is 1. The molecule has 0 spiro atoms. The number of rotatable bonds is 3. The minimum atomic E-state index is -4.92. The van der Waals surface area contributed by atoms with Gasteiger partial charge in [-0.05, 0) is 45.0 Å². The van der Waals surface area contributed by atoms with Gasteiger partial charge in [-0.25, -0.2) is 17.9 Å². The summed E-state index contributed by atoms with van der Waals surface area (Å²) in [5.41, 5.74) is -1.85. The van der Waals surface area contributed by atoms with Crippen molar-refractivity contribution in [3.05, 3.63) is 29.3 Å². The van der Waals surface area contributed by atoms with Crippen molar-refractivity contribution in [2.75, 3.05) is 0 Å². The first-order valence-corrected chi connectivity index (χ1v) is 8.55. The van der Waals surface area contributed by atoms with Crippen molar-refractivity contribution in [1.29, 1.82) is 0 Å². The molecule has 1 aromatic carbocycles. The van der Waals surface area contributed by atoms with Gasteiger partial charge in [-0.1, -0.05) is 0 Å². The molecule has 6 nitrogen and oxygen atoms in total. The fraction of sp³-hybridized carbons (Fsp3) is 0.400. The third kappa shape index (κ3) is 4.31. The van der Waals surface area contributed by atoms with Gasteiger partial charge in [0.05, 0.1) is 10.5 Å². The Bertz CT molecular complexity index is 838. The van der Waals surface area contributed by atoms with Gasteiger partial charge in [-0.2, -0.15) is 13.2 Å². The molecule has 1 aliphatic rings. The Morgan fingerprint density at radius 2 is 1.84 bits per heavy atom. The summed E-state index contributed by atoms with van der Waals surface area (Å²) in [5, 5.41) is 9.00. The van der Waals surface area contributed by atoms with Gasteiger partial charge < -0.3 is 9.84 Å². The van der Waals surface area contributed by atoms with Gasteiger partial charge in [0.25, 0.3) is 0 Å². The van der Waals surface area contributed by atoms with Gasteiger partial charge in [0, 0.05) is 11.1 Å². The Balaban J connectivity index is 2.51. The molecule has 0 aromatic heterocycles. The van der Waals surface area contributed by atoms with Crippen LogP contribution < -0.4 is 9.46 Å². The molecule has 25 heavy (non-hydrogen) atoms. The third-order valence-corrected chi connectivity index (χ3v) is 4.87. The lowest BCUT2D eigenvalue weighted by atomic mass is 10.0. The second-order valence-electron chi connectivity index (χ2n) is 6.50. The minimum Gasteiger partial charge on any atom is -0.478 e. The van der Waals surface area contributed by atoms with Gasteiger partial charge in [0.2, 0.25) is 16.1 Å². The number of alkyl halides is 3. The standard InChI is InChI=1S/C15H16F3NO5S/c1-14(2,3)19-25(22,23)9-4-5-11-8(6-9)7-10(13(20)21)12(24-11)15(16,17)18/h4-7,12,19H,1-3H3,(H,20,21)/t12-/m0/s1. The van der Waals surface area contributed by atoms with E-state index in [-0.39, 0.29) is 16.2 Å². The lowest BCUT2D eigenvalue weighted by molar-refractivity contribution is -0.187. The van der Waals surface area contributed by atoms with Gasteiger partial charge >= 0.3 is 12.1 Å². The molecule has 1 atom stereocenters. The predicted molar refractivity (Wildman–Crippen MR) is 82.6 cm³/mol. The fourth-order valence-electron chi connectivity index (χ4n) is 2.23. The molecule has 0 aliphatic carbocycles.